The lowest BCUT2D eigenvalue weighted by Crippen LogP contribution is -2.45. The molecule has 1 amide bonds. The molecule has 1 saturated heterocycles. The number of phenols is 1. The number of phenolic OH excluding ortho intramolecular Hbond substituents is 1. The molecule has 3 N–H and O–H groups in total. The second kappa shape index (κ2) is 19.9. The predicted molar refractivity (Wildman–Crippen MR) is 204 cm³/mol. The SMILES string of the molecule is CCCCCC1(CCCCC)OC2C=C(C(=O)NC(CO)CCC(=O)OC(C)(C)C)CC(OC(=O)c3ccc(C=CCc4ccccc4O)cc3)C2O1. The fraction of sp³-hybridized carbons (Fsp3) is 0.558. The molecule has 290 valence electrons. The summed E-state index contributed by atoms with van der Waals surface area (Å²) in [4.78, 5) is 39.6. The average Bonchev–Trinajstić information content (AvgIpc) is 3.49. The van der Waals surface area contributed by atoms with E-state index in [9.17, 15) is 24.6 Å². The molecule has 0 aromatic heterocycles. The van der Waals surface area contributed by atoms with Gasteiger partial charge in [-0.15, -0.1) is 0 Å². The van der Waals surface area contributed by atoms with Gasteiger partial charge in [0, 0.05) is 31.3 Å². The minimum absolute atomic E-state index is 0.0347. The monoisotopic (exact) mass is 733 g/mol. The molecule has 1 aliphatic carbocycles. The van der Waals surface area contributed by atoms with Crippen LogP contribution in [0, 0.1) is 0 Å². The number of unbranched alkanes of at least 4 members (excludes halogenated alkanes) is 4. The molecule has 4 atom stereocenters. The van der Waals surface area contributed by atoms with Crippen molar-refractivity contribution in [2.45, 2.75) is 147 Å². The number of allylic oxidation sites excluding steroid dienone is 1. The Bertz CT molecular complexity index is 1550. The number of hydrogen-bond donors (Lipinski definition) is 3. The Balaban J connectivity index is 1.50. The lowest BCUT2D eigenvalue weighted by atomic mass is 9.91. The minimum atomic E-state index is -0.849. The molecule has 10 heteroatoms. The third-order valence-corrected chi connectivity index (χ3v) is 9.51. The van der Waals surface area contributed by atoms with Crippen molar-refractivity contribution < 1.29 is 43.5 Å². The highest BCUT2D eigenvalue weighted by Crippen LogP contribution is 2.43. The van der Waals surface area contributed by atoms with Crippen LogP contribution >= 0.6 is 0 Å². The van der Waals surface area contributed by atoms with E-state index in [0.29, 0.717) is 30.4 Å². The van der Waals surface area contributed by atoms with Crippen molar-refractivity contribution in [1.29, 1.82) is 0 Å². The van der Waals surface area contributed by atoms with E-state index in [1.165, 1.54) is 0 Å². The number of para-hydroxylation sites is 1. The Labute approximate surface area is 314 Å². The molecule has 10 nitrogen and oxygen atoms in total. The number of carbonyl (C=O) groups is 3. The number of aliphatic hydroxyl groups is 1. The Morgan fingerprint density at radius 3 is 2.28 bits per heavy atom. The molecular weight excluding hydrogens is 674 g/mol. The number of hydrogen-bond acceptors (Lipinski definition) is 9. The first-order chi connectivity index (χ1) is 25.3. The highest BCUT2D eigenvalue weighted by atomic mass is 16.8. The van der Waals surface area contributed by atoms with E-state index >= 15 is 0 Å². The Hall–Kier alpha value is -3.99. The topological polar surface area (TPSA) is 141 Å². The smallest absolute Gasteiger partial charge is 0.338 e. The number of aromatic hydroxyl groups is 1. The summed E-state index contributed by atoms with van der Waals surface area (Å²) in [5.74, 6) is -1.97. The summed E-state index contributed by atoms with van der Waals surface area (Å²) in [5.41, 5.74) is 1.80. The van der Waals surface area contributed by atoms with Gasteiger partial charge in [-0.1, -0.05) is 82.0 Å². The summed E-state index contributed by atoms with van der Waals surface area (Å²) in [6.45, 7) is 9.30. The Morgan fingerprint density at radius 2 is 1.66 bits per heavy atom. The predicted octanol–water partition coefficient (Wildman–Crippen LogP) is 7.74. The molecule has 2 aromatic carbocycles. The van der Waals surface area contributed by atoms with Gasteiger partial charge in [0.15, 0.2) is 5.79 Å². The van der Waals surface area contributed by atoms with E-state index < -0.39 is 53.6 Å². The fourth-order valence-electron chi connectivity index (χ4n) is 6.71. The molecule has 0 spiro atoms. The van der Waals surface area contributed by atoms with Gasteiger partial charge in [0.2, 0.25) is 5.91 Å². The van der Waals surface area contributed by atoms with Gasteiger partial charge in [-0.3, -0.25) is 9.59 Å². The number of benzene rings is 2. The van der Waals surface area contributed by atoms with Crippen LogP contribution < -0.4 is 5.32 Å². The molecule has 0 radical (unpaired) electrons. The van der Waals surface area contributed by atoms with Crippen molar-refractivity contribution in [2.75, 3.05) is 6.61 Å². The molecule has 1 heterocycles. The summed E-state index contributed by atoms with van der Waals surface area (Å²) in [6.07, 6.45) is 11.9. The third-order valence-electron chi connectivity index (χ3n) is 9.51. The molecule has 4 rings (SSSR count). The van der Waals surface area contributed by atoms with Gasteiger partial charge in [-0.25, -0.2) is 4.79 Å². The molecule has 1 aliphatic heterocycles. The number of ether oxygens (including phenoxy) is 4. The van der Waals surface area contributed by atoms with Crippen molar-refractivity contribution in [3.8, 4) is 5.75 Å². The van der Waals surface area contributed by atoms with Crippen LogP contribution in [0.5, 0.6) is 5.75 Å². The van der Waals surface area contributed by atoms with Crippen LogP contribution in [-0.2, 0) is 35.0 Å². The number of fused-ring (bicyclic) bond motifs is 1. The zero-order chi connectivity index (χ0) is 38.4. The van der Waals surface area contributed by atoms with Gasteiger partial charge in [-0.2, -0.15) is 0 Å². The van der Waals surface area contributed by atoms with Gasteiger partial charge in [0.1, 0.15) is 29.7 Å². The van der Waals surface area contributed by atoms with Crippen molar-refractivity contribution in [2.24, 2.45) is 0 Å². The lowest BCUT2D eigenvalue weighted by molar-refractivity contribution is -0.190. The second-order valence-electron chi connectivity index (χ2n) is 15.2. The number of esters is 2. The van der Waals surface area contributed by atoms with Gasteiger partial charge in [-0.05, 0) is 81.9 Å². The van der Waals surface area contributed by atoms with Crippen LogP contribution in [0.2, 0.25) is 0 Å². The van der Waals surface area contributed by atoms with Crippen molar-refractivity contribution in [3.05, 3.63) is 82.9 Å². The summed E-state index contributed by atoms with van der Waals surface area (Å²) in [6, 6.07) is 13.6. The molecule has 2 aliphatic rings. The number of rotatable bonds is 19. The highest BCUT2D eigenvalue weighted by molar-refractivity contribution is 5.94. The van der Waals surface area contributed by atoms with Crippen molar-refractivity contribution in [3.63, 3.8) is 0 Å². The van der Waals surface area contributed by atoms with Gasteiger partial charge in [0.05, 0.1) is 18.2 Å². The van der Waals surface area contributed by atoms with Crippen LogP contribution in [0.1, 0.15) is 127 Å². The maximum atomic E-state index is 13.7. The minimum Gasteiger partial charge on any atom is -0.508 e. The zero-order valence-corrected chi connectivity index (χ0v) is 32.1. The van der Waals surface area contributed by atoms with E-state index in [0.717, 1.165) is 49.7 Å². The fourth-order valence-corrected chi connectivity index (χ4v) is 6.71. The van der Waals surface area contributed by atoms with Crippen LogP contribution in [0.4, 0.5) is 0 Å². The summed E-state index contributed by atoms with van der Waals surface area (Å²) < 4.78 is 25.0. The quantitative estimate of drug-likeness (QED) is 0.0977. The van der Waals surface area contributed by atoms with E-state index in [2.05, 4.69) is 19.2 Å². The molecule has 0 bridgehead atoms. The first-order valence-electron chi connectivity index (χ1n) is 19.3. The zero-order valence-electron chi connectivity index (χ0n) is 32.1. The third kappa shape index (κ3) is 12.8. The van der Waals surface area contributed by atoms with E-state index in [1.807, 2.05) is 36.4 Å². The molecule has 4 unspecified atom stereocenters. The lowest BCUT2D eigenvalue weighted by Gasteiger charge is -2.31. The number of carbonyl (C=O) groups excluding carboxylic acids is 3. The van der Waals surface area contributed by atoms with E-state index in [4.69, 9.17) is 18.9 Å². The van der Waals surface area contributed by atoms with Gasteiger partial charge in [0.25, 0.3) is 0 Å². The standard InChI is InChI=1S/C43H59NO9/c1-6-8-12-25-43(26-13-9-7-2)51-37-28-33(40(48)44-34(29-45)23-24-38(47)52-42(3,4)5)27-36(39(37)53-43)50-41(49)32-21-19-30(20-22-32)15-14-17-31-16-10-11-18-35(31)46/h10-11,14-16,18-22,28,34,36-37,39,45-46H,6-9,12-13,17,23-27,29H2,1-5H3,(H,44,48). The summed E-state index contributed by atoms with van der Waals surface area (Å²) in [7, 11) is 0. The Kier molecular flexibility index (Phi) is 15.7. The number of nitrogens with one attached hydrogen (secondary N) is 1. The van der Waals surface area contributed by atoms with Crippen LogP contribution in [0.25, 0.3) is 6.08 Å². The van der Waals surface area contributed by atoms with Crippen LogP contribution in [0.15, 0.2) is 66.3 Å². The summed E-state index contributed by atoms with van der Waals surface area (Å²) >= 11 is 0. The van der Waals surface area contributed by atoms with E-state index in [1.54, 1.807) is 51.1 Å². The van der Waals surface area contributed by atoms with Gasteiger partial charge >= 0.3 is 11.9 Å². The maximum absolute atomic E-state index is 13.7. The van der Waals surface area contributed by atoms with Crippen molar-refractivity contribution in [1.82, 2.24) is 5.32 Å². The number of aliphatic hydroxyl groups excluding tert-OH is 1. The molecule has 1 fully saturated rings. The maximum Gasteiger partial charge on any atom is 0.338 e. The van der Waals surface area contributed by atoms with E-state index in [-0.39, 0.29) is 31.6 Å². The Morgan fingerprint density at radius 1 is 0.981 bits per heavy atom. The molecule has 53 heavy (non-hydrogen) atoms. The summed E-state index contributed by atoms with van der Waals surface area (Å²) in [5, 5.41) is 23.0. The second-order valence-corrected chi connectivity index (χ2v) is 15.2. The van der Waals surface area contributed by atoms with Crippen LogP contribution in [-0.4, -0.2) is 70.4 Å². The molecule has 2 aromatic rings. The first kappa shape index (κ1) is 41.8. The highest BCUT2D eigenvalue weighted by Gasteiger charge is 2.52. The van der Waals surface area contributed by atoms with Crippen LogP contribution in [0.3, 0.4) is 0 Å². The van der Waals surface area contributed by atoms with Gasteiger partial charge < -0.3 is 34.5 Å². The normalized spacial score (nSPS) is 20.0. The largest absolute Gasteiger partial charge is 0.508 e. The molecule has 0 saturated carbocycles. The number of amides is 1. The average molecular weight is 734 g/mol. The first-order valence-corrected chi connectivity index (χ1v) is 19.3. The molecular formula is C43H59NO9. The van der Waals surface area contributed by atoms with Crippen molar-refractivity contribution >= 4 is 23.9 Å².